The van der Waals surface area contributed by atoms with Crippen LogP contribution in [0.5, 0.6) is 0 Å². The number of rotatable bonds is 3. The summed E-state index contributed by atoms with van der Waals surface area (Å²) in [6.07, 6.45) is 10.3. The SMILES string of the molecule is CCc1cnn2c3nc(nc12)N[C@@H]1CCCC[C@@H]1CON3Cc1ccc[n+]([O-])c1. The minimum atomic E-state index is 0.299. The van der Waals surface area contributed by atoms with Crippen LogP contribution < -0.4 is 15.1 Å². The molecule has 1 N–H and O–H groups in total. The topological polar surface area (TPSA) is 94.5 Å². The molecule has 3 aromatic rings. The molecular weight excluding hydrogens is 370 g/mol. The lowest BCUT2D eigenvalue weighted by atomic mass is 9.85. The van der Waals surface area contributed by atoms with Gasteiger partial charge in [0.1, 0.15) is 0 Å². The summed E-state index contributed by atoms with van der Waals surface area (Å²) in [5.74, 6) is 1.57. The van der Waals surface area contributed by atoms with E-state index >= 15 is 0 Å². The van der Waals surface area contributed by atoms with Crippen molar-refractivity contribution in [2.45, 2.75) is 51.6 Å². The van der Waals surface area contributed by atoms with Crippen molar-refractivity contribution in [1.29, 1.82) is 0 Å². The van der Waals surface area contributed by atoms with Crippen LogP contribution in [-0.2, 0) is 17.8 Å². The average Bonchev–Trinajstić information content (AvgIpc) is 3.16. The van der Waals surface area contributed by atoms with Crippen LogP contribution >= 0.6 is 0 Å². The molecule has 0 amide bonds. The Hall–Kier alpha value is -2.94. The van der Waals surface area contributed by atoms with Crippen LogP contribution in [0.25, 0.3) is 5.65 Å². The number of hydrogen-bond donors (Lipinski definition) is 1. The second kappa shape index (κ2) is 7.47. The molecule has 0 unspecified atom stereocenters. The van der Waals surface area contributed by atoms with Gasteiger partial charge in [0, 0.05) is 29.2 Å². The van der Waals surface area contributed by atoms with Crippen molar-refractivity contribution in [3.63, 3.8) is 0 Å². The fourth-order valence-corrected chi connectivity index (χ4v) is 4.27. The molecule has 1 aliphatic carbocycles. The van der Waals surface area contributed by atoms with Crippen molar-refractivity contribution < 1.29 is 9.57 Å². The summed E-state index contributed by atoms with van der Waals surface area (Å²) in [6, 6.07) is 3.94. The zero-order valence-corrected chi connectivity index (χ0v) is 16.5. The van der Waals surface area contributed by atoms with Crippen molar-refractivity contribution in [3.05, 3.63) is 47.1 Å². The second-order valence-electron chi connectivity index (χ2n) is 7.81. The van der Waals surface area contributed by atoms with E-state index in [4.69, 9.17) is 14.8 Å². The molecule has 0 saturated heterocycles. The van der Waals surface area contributed by atoms with Crippen molar-refractivity contribution in [2.75, 3.05) is 17.0 Å². The minimum Gasteiger partial charge on any atom is -0.619 e. The lowest BCUT2D eigenvalue weighted by Gasteiger charge is -2.31. The van der Waals surface area contributed by atoms with E-state index in [2.05, 4.69) is 17.3 Å². The Morgan fingerprint density at radius 1 is 1.31 bits per heavy atom. The number of nitrogens with zero attached hydrogens (tertiary/aromatic N) is 6. The van der Waals surface area contributed by atoms with E-state index in [1.54, 1.807) is 21.8 Å². The molecule has 2 atom stereocenters. The zero-order chi connectivity index (χ0) is 19.8. The van der Waals surface area contributed by atoms with E-state index in [1.165, 1.54) is 19.0 Å². The third kappa shape index (κ3) is 3.46. The molecule has 1 aliphatic heterocycles. The highest BCUT2D eigenvalue weighted by Crippen LogP contribution is 2.30. The number of pyridine rings is 1. The third-order valence-corrected chi connectivity index (χ3v) is 5.86. The Kier molecular flexibility index (Phi) is 4.67. The van der Waals surface area contributed by atoms with Gasteiger partial charge in [0.25, 0.3) is 5.95 Å². The molecule has 9 heteroatoms. The maximum atomic E-state index is 11.7. The first kappa shape index (κ1) is 18.1. The fourth-order valence-electron chi connectivity index (χ4n) is 4.27. The summed E-state index contributed by atoms with van der Waals surface area (Å²) in [6.45, 7) is 3.07. The quantitative estimate of drug-likeness (QED) is 0.537. The Balaban J connectivity index is 1.60. The van der Waals surface area contributed by atoms with Crippen molar-refractivity contribution in [2.24, 2.45) is 5.92 Å². The average molecular weight is 395 g/mol. The molecule has 4 heterocycles. The van der Waals surface area contributed by atoms with Gasteiger partial charge in [0.15, 0.2) is 18.0 Å². The van der Waals surface area contributed by atoms with Crippen LogP contribution in [0.15, 0.2) is 30.7 Å². The number of aromatic nitrogens is 5. The molecule has 0 radical (unpaired) electrons. The fraction of sp³-hybridized carbons (Fsp3) is 0.500. The monoisotopic (exact) mass is 395 g/mol. The van der Waals surface area contributed by atoms with Crippen LogP contribution in [0.4, 0.5) is 11.9 Å². The Morgan fingerprint density at radius 3 is 3.07 bits per heavy atom. The highest BCUT2D eigenvalue weighted by molar-refractivity contribution is 5.55. The van der Waals surface area contributed by atoms with E-state index < -0.39 is 0 Å². The molecule has 2 aliphatic rings. The van der Waals surface area contributed by atoms with Gasteiger partial charge in [-0.25, -0.2) is 5.06 Å². The summed E-state index contributed by atoms with van der Waals surface area (Å²) in [5.41, 5.74) is 2.69. The number of aryl methyl sites for hydroxylation is 1. The Morgan fingerprint density at radius 2 is 2.21 bits per heavy atom. The van der Waals surface area contributed by atoms with Crippen molar-refractivity contribution in [3.8, 4) is 0 Å². The Bertz CT molecular complexity index is 1020. The first-order valence-electron chi connectivity index (χ1n) is 10.3. The van der Waals surface area contributed by atoms with Crippen LogP contribution in [0.2, 0.25) is 0 Å². The van der Waals surface area contributed by atoms with E-state index in [1.807, 2.05) is 12.3 Å². The summed E-state index contributed by atoms with van der Waals surface area (Å²) < 4.78 is 2.53. The van der Waals surface area contributed by atoms with Gasteiger partial charge in [-0.05, 0) is 25.3 Å². The number of fused-ring (bicyclic) bond motifs is 5. The van der Waals surface area contributed by atoms with Crippen LogP contribution in [-0.4, -0.2) is 32.2 Å². The van der Waals surface area contributed by atoms with E-state index in [0.29, 0.717) is 37.0 Å². The summed E-state index contributed by atoms with van der Waals surface area (Å²) in [5, 5.41) is 21.6. The lowest BCUT2D eigenvalue weighted by Crippen LogP contribution is -2.37. The second-order valence-corrected chi connectivity index (χ2v) is 7.81. The molecule has 3 aromatic heterocycles. The third-order valence-electron chi connectivity index (χ3n) is 5.86. The maximum absolute atomic E-state index is 11.7. The first-order valence-corrected chi connectivity index (χ1v) is 10.3. The largest absolute Gasteiger partial charge is 0.619 e. The Labute approximate surface area is 168 Å². The molecule has 0 aromatic carbocycles. The van der Waals surface area contributed by atoms with Gasteiger partial charge >= 0.3 is 0 Å². The highest BCUT2D eigenvalue weighted by atomic mass is 16.7. The number of hydrogen-bond acceptors (Lipinski definition) is 7. The number of hydroxylamine groups is 1. The highest BCUT2D eigenvalue weighted by Gasteiger charge is 2.30. The van der Waals surface area contributed by atoms with Gasteiger partial charge < -0.3 is 10.5 Å². The normalized spacial score (nSPS) is 21.8. The molecular formula is C20H25N7O2. The van der Waals surface area contributed by atoms with Gasteiger partial charge in [0.2, 0.25) is 5.95 Å². The molecule has 9 nitrogen and oxygen atoms in total. The van der Waals surface area contributed by atoms with Crippen molar-refractivity contribution >= 4 is 17.5 Å². The molecule has 1 fully saturated rings. The van der Waals surface area contributed by atoms with Gasteiger partial charge in [-0.15, -0.1) is 0 Å². The predicted octanol–water partition coefficient (Wildman–Crippen LogP) is 2.24. The van der Waals surface area contributed by atoms with Crippen LogP contribution in [0, 0.1) is 11.1 Å². The molecule has 29 heavy (non-hydrogen) atoms. The number of anilines is 2. The first-order chi connectivity index (χ1) is 14.2. The van der Waals surface area contributed by atoms with E-state index in [0.717, 1.165) is 40.8 Å². The summed E-state index contributed by atoms with van der Waals surface area (Å²) >= 11 is 0. The van der Waals surface area contributed by atoms with Gasteiger partial charge in [-0.3, -0.25) is 4.84 Å². The standard InChI is InChI=1S/C20H25N7O2/c1-2-15-10-21-27-18(15)23-19-22-17-8-4-3-7-16(17)13-29-26(20(27)24-19)12-14-6-5-9-25(28)11-14/h5-6,9-11,16-17H,2-4,7-8,12-13H2,1H3,(H,22,23)/t16-,17-/m1/s1. The van der Waals surface area contributed by atoms with Gasteiger partial charge in [0.05, 0.1) is 19.3 Å². The molecule has 5 rings (SSSR count). The zero-order valence-electron chi connectivity index (χ0n) is 16.5. The van der Waals surface area contributed by atoms with E-state index in [-0.39, 0.29) is 0 Å². The molecule has 2 bridgehead atoms. The van der Waals surface area contributed by atoms with Crippen LogP contribution in [0.1, 0.15) is 43.7 Å². The summed E-state index contributed by atoms with van der Waals surface area (Å²) in [7, 11) is 0. The predicted molar refractivity (Wildman–Crippen MR) is 107 cm³/mol. The summed E-state index contributed by atoms with van der Waals surface area (Å²) in [4.78, 5) is 15.8. The molecule has 152 valence electrons. The maximum Gasteiger partial charge on any atom is 0.256 e. The lowest BCUT2D eigenvalue weighted by molar-refractivity contribution is -0.605. The van der Waals surface area contributed by atoms with Crippen molar-refractivity contribution in [1.82, 2.24) is 19.6 Å². The van der Waals surface area contributed by atoms with E-state index in [9.17, 15) is 5.21 Å². The van der Waals surface area contributed by atoms with Crippen LogP contribution in [0.3, 0.4) is 0 Å². The molecule has 0 spiro atoms. The minimum absolute atomic E-state index is 0.299. The molecule has 1 saturated carbocycles. The van der Waals surface area contributed by atoms with Gasteiger partial charge in [-0.2, -0.15) is 24.3 Å². The van der Waals surface area contributed by atoms with Gasteiger partial charge in [-0.1, -0.05) is 19.8 Å². The number of nitrogens with one attached hydrogen (secondary N) is 1. The smallest absolute Gasteiger partial charge is 0.256 e.